The second-order valence-corrected chi connectivity index (χ2v) is 9.13. The van der Waals surface area contributed by atoms with Gasteiger partial charge in [0.05, 0.1) is 19.2 Å². The van der Waals surface area contributed by atoms with Gasteiger partial charge in [-0.3, -0.25) is 0 Å². The zero-order valence-electron chi connectivity index (χ0n) is 20.7. The predicted octanol–water partition coefficient (Wildman–Crippen LogP) is 6.54. The van der Waals surface area contributed by atoms with Crippen LogP contribution in [0.2, 0.25) is 0 Å². The van der Waals surface area contributed by atoms with Gasteiger partial charge in [0, 0.05) is 11.7 Å². The van der Waals surface area contributed by atoms with Crippen LogP contribution in [0.15, 0.2) is 78.9 Å². The zero-order valence-corrected chi connectivity index (χ0v) is 20.7. The first-order valence-electron chi connectivity index (χ1n) is 12.3. The van der Waals surface area contributed by atoms with E-state index in [2.05, 4.69) is 42.6 Å². The molecule has 2 atom stereocenters. The standard InChI is InChI=1S/C30H28F2N2O3/c1-19(23-10-5-8-20-7-3-4-9-24(20)23)33-16-15-22-18-34(29-27(32)11-6-12-28(29)37-22)21-13-14-26(31)25(17-21)30(35)36-2/h3-14,17,19,22,33H,15-16,18H2,1-2H3. The average Bonchev–Trinajstić information content (AvgIpc) is 2.92. The number of hydrogen-bond donors (Lipinski definition) is 1. The molecule has 0 fully saturated rings. The third kappa shape index (κ3) is 5.00. The molecule has 0 aromatic heterocycles. The molecule has 0 saturated carbocycles. The summed E-state index contributed by atoms with van der Waals surface area (Å²) >= 11 is 0. The maximum Gasteiger partial charge on any atom is 0.340 e. The highest BCUT2D eigenvalue weighted by molar-refractivity contribution is 5.91. The van der Waals surface area contributed by atoms with E-state index in [1.165, 1.54) is 47.7 Å². The van der Waals surface area contributed by atoms with Crippen LogP contribution in [0.1, 0.15) is 35.3 Å². The summed E-state index contributed by atoms with van der Waals surface area (Å²) in [4.78, 5) is 13.8. The highest BCUT2D eigenvalue weighted by Gasteiger charge is 2.30. The van der Waals surface area contributed by atoms with E-state index in [0.29, 0.717) is 30.9 Å². The highest BCUT2D eigenvalue weighted by atomic mass is 19.1. The molecule has 0 radical (unpaired) electrons. The Morgan fingerprint density at radius 3 is 2.68 bits per heavy atom. The van der Waals surface area contributed by atoms with E-state index in [1.54, 1.807) is 17.0 Å². The average molecular weight is 503 g/mol. The van der Waals surface area contributed by atoms with Crippen molar-refractivity contribution in [3.8, 4) is 5.75 Å². The van der Waals surface area contributed by atoms with Gasteiger partial charge in [0.15, 0.2) is 5.82 Å². The van der Waals surface area contributed by atoms with Gasteiger partial charge in [-0.1, -0.05) is 48.5 Å². The van der Waals surface area contributed by atoms with E-state index in [0.717, 1.165) is 0 Å². The van der Waals surface area contributed by atoms with E-state index in [-0.39, 0.29) is 23.4 Å². The molecule has 4 aromatic rings. The summed E-state index contributed by atoms with van der Waals surface area (Å²) in [6.45, 7) is 3.14. The van der Waals surface area contributed by atoms with Crippen molar-refractivity contribution in [3.63, 3.8) is 0 Å². The van der Waals surface area contributed by atoms with Crippen LogP contribution in [0, 0.1) is 11.6 Å². The molecule has 0 amide bonds. The van der Waals surface area contributed by atoms with Crippen molar-refractivity contribution in [3.05, 3.63) is 102 Å². The molecule has 37 heavy (non-hydrogen) atoms. The molecule has 0 saturated heterocycles. The Morgan fingerprint density at radius 2 is 1.84 bits per heavy atom. The molecule has 1 aliphatic rings. The van der Waals surface area contributed by atoms with E-state index in [4.69, 9.17) is 9.47 Å². The number of carbonyl (C=O) groups excluding carboxylic acids is 1. The van der Waals surface area contributed by atoms with Gasteiger partial charge in [0.25, 0.3) is 0 Å². The van der Waals surface area contributed by atoms with Crippen molar-refractivity contribution in [2.45, 2.75) is 25.5 Å². The van der Waals surface area contributed by atoms with Crippen molar-refractivity contribution in [2.24, 2.45) is 0 Å². The molecule has 1 N–H and O–H groups in total. The summed E-state index contributed by atoms with van der Waals surface area (Å²) in [6, 6.07) is 23.5. The number of esters is 1. The van der Waals surface area contributed by atoms with Crippen molar-refractivity contribution >= 4 is 28.1 Å². The number of halogens is 2. The van der Waals surface area contributed by atoms with Crippen LogP contribution >= 0.6 is 0 Å². The number of fused-ring (bicyclic) bond motifs is 2. The topological polar surface area (TPSA) is 50.8 Å². The maximum absolute atomic E-state index is 14.9. The van der Waals surface area contributed by atoms with Crippen LogP contribution in [0.4, 0.5) is 20.2 Å². The van der Waals surface area contributed by atoms with Gasteiger partial charge in [-0.2, -0.15) is 0 Å². The summed E-state index contributed by atoms with van der Waals surface area (Å²) in [7, 11) is 1.19. The van der Waals surface area contributed by atoms with Crippen molar-refractivity contribution in [2.75, 3.05) is 25.1 Å². The summed E-state index contributed by atoms with van der Waals surface area (Å²) in [5, 5.41) is 6.00. The molecule has 0 bridgehead atoms. The minimum Gasteiger partial charge on any atom is -0.486 e. The number of benzene rings is 4. The van der Waals surface area contributed by atoms with E-state index < -0.39 is 17.6 Å². The number of nitrogens with one attached hydrogen (secondary N) is 1. The van der Waals surface area contributed by atoms with Gasteiger partial charge >= 0.3 is 5.97 Å². The molecule has 190 valence electrons. The number of nitrogens with zero attached hydrogens (tertiary/aromatic N) is 1. The molecule has 1 aliphatic heterocycles. The molecule has 5 rings (SSSR count). The number of methoxy groups -OCH3 is 1. The lowest BCUT2D eigenvalue weighted by Crippen LogP contribution is -2.39. The van der Waals surface area contributed by atoms with Crippen molar-refractivity contribution in [1.29, 1.82) is 0 Å². The highest BCUT2D eigenvalue weighted by Crippen LogP contribution is 2.41. The maximum atomic E-state index is 14.9. The van der Waals surface area contributed by atoms with Gasteiger partial charge in [-0.05, 0) is 66.6 Å². The fraction of sp³-hybridized carbons (Fsp3) is 0.233. The lowest BCUT2D eigenvalue weighted by atomic mass is 9.99. The van der Waals surface area contributed by atoms with Crippen LogP contribution in [-0.2, 0) is 4.74 Å². The Morgan fingerprint density at radius 1 is 1.05 bits per heavy atom. The fourth-order valence-corrected chi connectivity index (χ4v) is 4.90. The first-order valence-corrected chi connectivity index (χ1v) is 12.3. The number of anilines is 2. The zero-order chi connectivity index (χ0) is 25.9. The first-order chi connectivity index (χ1) is 18.0. The number of ether oxygens (including phenoxy) is 2. The van der Waals surface area contributed by atoms with Crippen molar-refractivity contribution in [1.82, 2.24) is 5.32 Å². The van der Waals surface area contributed by atoms with Crippen LogP contribution in [0.5, 0.6) is 5.75 Å². The summed E-state index contributed by atoms with van der Waals surface area (Å²) in [5.41, 5.74) is 1.77. The Hall–Kier alpha value is -3.97. The minimum absolute atomic E-state index is 0.121. The van der Waals surface area contributed by atoms with E-state index in [1.807, 2.05) is 12.1 Å². The van der Waals surface area contributed by atoms with Gasteiger partial charge < -0.3 is 19.7 Å². The molecular weight excluding hydrogens is 474 g/mol. The predicted molar refractivity (Wildman–Crippen MR) is 141 cm³/mol. The number of carbonyl (C=O) groups is 1. The van der Waals surface area contributed by atoms with E-state index >= 15 is 0 Å². The molecule has 7 heteroatoms. The lowest BCUT2D eigenvalue weighted by Gasteiger charge is -2.37. The molecule has 2 unspecified atom stereocenters. The van der Waals surface area contributed by atoms with Crippen molar-refractivity contribution < 1.29 is 23.0 Å². The Bertz CT molecular complexity index is 1440. The smallest absolute Gasteiger partial charge is 0.340 e. The number of hydrogen-bond acceptors (Lipinski definition) is 5. The normalized spacial score (nSPS) is 15.7. The fourth-order valence-electron chi connectivity index (χ4n) is 4.90. The first kappa shape index (κ1) is 24.7. The van der Waals surface area contributed by atoms with Gasteiger partial charge in [0.2, 0.25) is 0 Å². The largest absolute Gasteiger partial charge is 0.486 e. The third-order valence-corrected chi connectivity index (χ3v) is 6.77. The summed E-state index contributed by atoms with van der Waals surface area (Å²) in [6.07, 6.45) is 0.403. The van der Waals surface area contributed by atoms with Crippen LogP contribution < -0.4 is 15.0 Å². The molecule has 1 heterocycles. The second-order valence-electron chi connectivity index (χ2n) is 9.13. The monoisotopic (exact) mass is 502 g/mol. The SMILES string of the molecule is COC(=O)c1cc(N2CC(CCNC(C)c3cccc4ccccc34)Oc3cccc(F)c32)ccc1F. The summed E-state index contributed by atoms with van der Waals surface area (Å²) in [5.74, 6) is -1.53. The quantitative estimate of drug-likeness (QED) is 0.291. The second kappa shape index (κ2) is 10.6. The molecule has 0 spiro atoms. The molecule has 0 aliphatic carbocycles. The van der Waals surface area contributed by atoms with E-state index in [9.17, 15) is 13.6 Å². The Kier molecular flexibility index (Phi) is 7.06. The van der Waals surface area contributed by atoms with Gasteiger partial charge in [-0.15, -0.1) is 0 Å². The molecular formula is C30H28F2N2O3. The lowest BCUT2D eigenvalue weighted by molar-refractivity contribution is 0.0595. The molecule has 4 aromatic carbocycles. The number of para-hydroxylation sites is 1. The Balaban J connectivity index is 1.35. The van der Waals surface area contributed by atoms with Crippen LogP contribution in [-0.4, -0.2) is 32.3 Å². The Labute approximate surface area is 214 Å². The van der Waals surface area contributed by atoms with Crippen LogP contribution in [0.3, 0.4) is 0 Å². The van der Waals surface area contributed by atoms with Gasteiger partial charge in [0.1, 0.15) is 23.4 Å². The minimum atomic E-state index is -0.787. The number of rotatable bonds is 7. The third-order valence-electron chi connectivity index (χ3n) is 6.77. The summed E-state index contributed by atoms with van der Waals surface area (Å²) < 4.78 is 40.1. The van der Waals surface area contributed by atoms with Gasteiger partial charge in [-0.25, -0.2) is 13.6 Å². The van der Waals surface area contributed by atoms with Crippen LogP contribution in [0.25, 0.3) is 10.8 Å². The molecule has 5 nitrogen and oxygen atoms in total.